The monoisotopic (exact) mass is 259 g/mol. The summed E-state index contributed by atoms with van der Waals surface area (Å²) in [7, 11) is 1.63. The van der Waals surface area contributed by atoms with Crippen molar-refractivity contribution in [1.29, 1.82) is 0 Å². The van der Waals surface area contributed by atoms with Gasteiger partial charge in [-0.1, -0.05) is 0 Å². The molecule has 1 amide bonds. The SMILES string of the molecule is COCCOCCNC(=O)CN1CCC(N)CC1. The van der Waals surface area contributed by atoms with Crippen molar-refractivity contribution in [2.45, 2.75) is 18.9 Å². The molecule has 1 saturated heterocycles. The summed E-state index contributed by atoms with van der Waals surface area (Å²) in [5.74, 6) is 0.0563. The van der Waals surface area contributed by atoms with Gasteiger partial charge in [-0.3, -0.25) is 9.69 Å². The first-order valence-corrected chi connectivity index (χ1v) is 6.53. The van der Waals surface area contributed by atoms with Gasteiger partial charge in [-0.05, 0) is 12.8 Å². The van der Waals surface area contributed by atoms with Crippen LogP contribution in [0.1, 0.15) is 12.8 Å². The average molecular weight is 259 g/mol. The van der Waals surface area contributed by atoms with Crippen LogP contribution >= 0.6 is 0 Å². The number of nitrogens with zero attached hydrogens (tertiary/aromatic N) is 1. The van der Waals surface area contributed by atoms with Crippen LogP contribution in [0.3, 0.4) is 0 Å². The Labute approximate surface area is 109 Å². The van der Waals surface area contributed by atoms with E-state index >= 15 is 0 Å². The lowest BCUT2D eigenvalue weighted by Crippen LogP contribution is -2.45. The van der Waals surface area contributed by atoms with Gasteiger partial charge in [0.1, 0.15) is 0 Å². The third-order valence-corrected chi connectivity index (χ3v) is 3.00. The number of carbonyl (C=O) groups excluding carboxylic acids is 1. The Morgan fingerprint density at radius 3 is 2.72 bits per heavy atom. The van der Waals surface area contributed by atoms with Crippen LogP contribution in [0.2, 0.25) is 0 Å². The maximum Gasteiger partial charge on any atom is 0.234 e. The Morgan fingerprint density at radius 2 is 2.06 bits per heavy atom. The smallest absolute Gasteiger partial charge is 0.234 e. The molecule has 0 aliphatic carbocycles. The zero-order valence-electron chi connectivity index (χ0n) is 11.2. The highest BCUT2D eigenvalue weighted by Crippen LogP contribution is 2.06. The lowest BCUT2D eigenvalue weighted by Gasteiger charge is -2.29. The first-order valence-electron chi connectivity index (χ1n) is 6.53. The molecular weight excluding hydrogens is 234 g/mol. The molecule has 0 unspecified atom stereocenters. The van der Waals surface area contributed by atoms with Gasteiger partial charge in [0.15, 0.2) is 0 Å². The highest BCUT2D eigenvalue weighted by Gasteiger charge is 2.17. The van der Waals surface area contributed by atoms with E-state index < -0.39 is 0 Å². The predicted octanol–water partition coefficient (Wildman–Crippen LogP) is -0.811. The summed E-state index contributed by atoms with van der Waals surface area (Å²) in [5.41, 5.74) is 5.81. The highest BCUT2D eigenvalue weighted by molar-refractivity contribution is 5.77. The molecular formula is C12H25N3O3. The number of amides is 1. The molecule has 1 fully saturated rings. The topological polar surface area (TPSA) is 76.8 Å². The van der Waals surface area contributed by atoms with Crippen LogP contribution in [0, 0.1) is 0 Å². The minimum atomic E-state index is 0.0563. The maximum atomic E-state index is 11.6. The van der Waals surface area contributed by atoms with Crippen LogP contribution in [0.5, 0.6) is 0 Å². The molecule has 1 rings (SSSR count). The van der Waals surface area contributed by atoms with Crippen molar-refractivity contribution >= 4 is 5.91 Å². The van der Waals surface area contributed by atoms with E-state index in [0.717, 1.165) is 25.9 Å². The lowest BCUT2D eigenvalue weighted by molar-refractivity contribution is -0.122. The van der Waals surface area contributed by atoms with Gasteiger partial charge in [-0.15, -0.1) is 0 Å². The van der Waals surface area contributed by atoms with Gasteiger partial charge in [0, 0.05) is 32.8 Å². The largest absolute Gasteiger partial charge is 0.382 e. The van der Waals surface area contributed by atoms with E-state index in [1.54, 1.807) is 7.11 Å². The number of rotatable bonds is 8. The Hall–Kier alpha value is -0.690. The van der Waals surface area contributed by atoms with Crippen LogP contribution in [-0.4, -0.2) is 70.0 Å². The number of ether oxygens (including phenoxy) is 2. The highest BCUT2D eigenvalue weighted by atomic mass is 16.5. The van der Waals surface area contributed by atoms with Gasteiger partial charge in [-0.2, -0.15) is 0 Å². The zero-order valence-corrected chi connectivity index (χ0v) is 11.2. The van der Waals surface area contributed by atoms with E-state index in [1.807, 2.05) is 0 Å². The minimum absolute atomic E-state index is 0.0563. The summed E-state index contributed by atoms with van der Waals surface area (Å²) in [5, 5.41) is 2.84. The number of nitrogens with one attached hydrogen (secondary N) is 1. The standard InChI is InChI=1S/C12H25N3O3/c1-17-8-9-18-7-4-14-12(16)10-15-5-2-11(13)3-6-15/h11H,2-10,13H2,1H3,(H,14,16). The molecule has 3 N–H and O–H groups in total. The van der Waals surface area contributed by atoms with Crippen LogP contribution in [0.25, 0.3) is 0 Å². The van der Waals surface area contributed by atoms with Crippen LogP contribution in [0.15, 0.2) is 0 Å². The van der Waals surface area contributed by atoms with Gasteiger partial charge in [0.05, 0.1) is 26.4 Å². The minimum Gasteiger partial charge on any atom is -0.382 e. The molecule has 1 aliphatic heterocycles. The summed E-state index contributed by atoms with van der Waals surface area (Å²) in [6.45, 7) is 4.52. The molecule has 1 aliphatic rings. The molecule has 0 aromatic carbocycles. The van der Waals surface area contributed by atoms with E-state index in [1.165, 1.54) is 0 Å². The summed E-state index contributed by atoms with van der Waals surface area (Å²) < 4.78 is 10.1. The van der Waals surface area contributed by atoms with Gasteiger partial charge in [-0.25, -0.2) is 0 Å². The summed E-state index contributed by atoms with van der Waals surface area (Å²) in [6.07, 6.45) is 1.96. The number of hydrogen-bond acceptors (Lipinski definition) is 5. The number of methoxy groups -OCH3 is 1. The fourth-order valence-corrected chi connectivity index (χ4v) is 1.88. The number of hydrogen-bond donors (Lipinski definition) is 2. The van der Waals surface area contributed by atoms with Crippen LogP contribution < -0.4 is 11.1 Å². The third-order valence-electron chi connectivity index (χ3n) is 3.00. The Kier molecular flexibility index (Phi) is 7.91. The second kappa shape index (κ2) is 9.27. The van der Waals surface area contributed by atoms with E-state index in [4.69, 9.17) is 15.2 Å². The van der Waals surface area contributed by atoms with Crippen molar-refractivity contribution < 1.29 is 14.3 Å². The van der Waals surface area contributed by atoms with Crippen molar-refractivity contribution in [1.82, 2.24) is 10.2 Å². The van der Waals surface area contributed by atoms with Gasteiger partial charge in [0.2, 0.25) is 5.91 Å². The Morgan fingerprint density at radius 1 is 1.33 bits per heavy atom. The van der Waals surface area contributed by atoms with Crippen molar-refractivity contribution in [2.75, 3.05) is 53.1 Å². The second-order valence-corrected chi connectivity index (χ2v) is 4.57. The molecule has 6 nitrogen and oxygen atoms in total. The second-order valence-electron chi connectivity index (χ2n) is 4.57. The molecule has 0 bridgehead atoms. The number of nitrogens with two attached hydrogens (primary N) is 1. The van der Waals surface area contributed by atoms with E-state index in [9.17, 15) is 4.79 Å². The van der Waals surface area contributed by atoms with Crippen LogP contribution in [0.4, 0.5) is 0 Å². The summed E-state index contributed by atoms with van der Waals surface area (Å²) in [4.78, 5) is 13.8. The van der Waals surface area contributed by atoms with E-state index in [-0.39, 0.29) is 5.91 Å². The number of likely N-dealkylation sites (tertiary alicyclic amines) is 1. The first kappa shape index (κ1) is 15.4. The summed E-state index contributed by atoms with van der Waals surface area (Å²) in [6, 6.07) is 0.304. The number of piperidine rings is 1. The predicted molar refractivity (Wildman–Crippen MR) is 69.4 cm³/mol. The lowest BCUT2D eigenvalue weighted by atomic mass is 10.1. The number of carbonyl (C=O) groups is 1. The summed E-state index contributed by atoms with van der Waals surface area (Å²) >= 11 is 0. The van der Waals surface area contributed by atoms with Gasteiger partial charge >= 0.3 is 0 Å². The van der Waals surface area contributed by atoms with Gasteiger partial charge in [0.25, 0.3) is 0 Å². The fourth-order valence-electron chi connectivity index (χ4n) is 1.88. The van der Waals surface area contributed by atoms with E-state index in [2.05, 4.69) is 10.2 Å². The first-order chi connectivity index (χ1) is 8.72. The fraction of sp³-hybridized carbons (Fsp3) is 0.917. The zero-order chi connectivity index (χ0) is 13.2. The molecule has 0 aromatic rings. The molecule has 18 heavy (non-hydrogen) atoms. The molecule has 6 heteroatoms. The third kappa shape index (κ3) is 6.90. The quantitative estimate of drug-likeness (QED) is 0.558. The maximum absolute atomic E-state index is 11.6. The van der Waals surface area contributed by atoms with Crippen molar-refractivity contribution in [3.63, 3.8) is 0 Å². The Bertz CT molecular complexity index is 231. The molecule has 0 atom stereocenters. The molecule has 0 aromatic heterocycles. The van der Waals surface area contributed by atoms with Gasteiger partial charge < -0.3 is 20.5 Å². The van der Waals surface area contributed by atoms with Crippen molar-refractivity contribution in [3.8, 4) is 0 Å². The average Bonchev–Trinajstić information content (AvgIpc) is 2.36. The molecule has 0 spiro atoms. The molecule has 0 saturated carbocycles. The van der Waals surface area contributed by atoms with Crippen LogP contribution in [-0.2, 0) is 14.3 Å². The van der Waals surface area contributed by atoms with Crippen molar-refractivity contribution in [3.05, 3.63) is 0 Å². The molecule has 1 heterocycles. The molecule has 106 valence electrons. The Balaban J connectivity index is 1.97. The normalized spacial score (nSPS) is 17.9. The van der Waals surface area contributed by atoms with Crippen molar-refractivity contribution in [2.24, 2.45) is 5.73 Å². The molecule has 0 radical (unpaired) electrons. The van der Waals surface area contributed by atoms with E-state index in [0.29, 0.717) is 39.0 Å².